The van der Waals surface area contributed by atoms with E-state index >= 15 is 0 Å². The maximum absolute atomic E-state index is 10.7. The van der Waals surface area contributed by atoms with Crippen LogP contribution in [0.5, 0.6) is 0 Å². The van der Waals surface area contributed by atoms with E-state index < -0.39 is 5.97 Å². The monoisotopic (exact) mass is 322 g/mol. The molecule has 1 heterocycles. The summed E-state index contributed by atoms with van der Waals surface area (Å²) in [6, 6.07) is 14.5. The number of imidazole rings is 1. The maximum Gasteiger partial charge on any atom is 0.303 e. The van der Waals surface area contributed by atoms with E-state index in [2.05, 4.69) is 42.7 Å². The number of aliphatic carboxylic acids is 1. The second kappa shape index (κ2) is 6.87. The molecule has 0 radical (unpaired) electrons. The van der Waals surface area contributed by atoms with Gasteiger partial charge in [0.2, 0.25) is 0 Å². The van der Waals surface area contributed by atoms with E-state index in [4.69, 9.17) is 10.1 Å². The van der Waals surface area contributed by atoms with Crippen molar-refractivity contribution in [3.05, 3.63) is 53.6 Å². The fourth-order valence-corrected chi connectivity index (χ4v) is 2.96. The van der Waals surface area contributed by atoms with E-state index in [1.165, 1.54) is 11.1 Å². The van der Waals surface area contributed by atoms with Crippen LogP contribution >= 0.6 is 0 Å². The van der Waals surface area contributed by atoms with Crippen LogP contribution in [0.25, 0.3) is 22.4 Å². The molecule has 2 aromatic carbocycles. The first kappa shape index (κ1) is 16.2. The summed E-state index contributed by atoms with van der Waals surface area (Å²) >= 11 is 0. The Balaban J connectivity index is 2.02. The first-order valence-electron chi connectivity index (χ1n) is 8.31. The van der Waals surface area contributed by atoms with Crippen LogP contribution in [-0.2, 0) is 11.3 Å². The van der Waals surface area contributed by atoms with Crippen molar-refractivity contribution in [2.75, 3.05) is 0 Å². The second-order valence-corrected chi connectivity index (χ2v) is 6.23. The average Bonchev–Trinajstić information content (AvgIpc) is 2.90. The fraction of sp³-hybridized carbons (Fsp3) is 0.300. The van der Waals surface area contributed by atoms with E-state index in [1.54, 1.807) is 0 Å². The van der Waals surface area contributed by atoms with Crippen LogP contribution in [0.4, 0.5) is 0 Å². The van der Waals surface area contributed by atoms with E-state index in [1.807, 2.05) is 18.2 Å². The van der Waals surface area contributed by atoms with E-state index in [-0.39, 0.29) is 6.42 Å². The van der Waals surface area contributed by atoms with Crippen LogP contribution in [0.1, 0.15) is 30.4 Å². The molecule has 0 unspecified atom stereocenters. The Morgan fingerprint density at radius 3 is 2.50 bits per heavy atom. The van der Waals surface area contributed by atoms with Crippen molar-refractivity contribution in [2.24, 2.45) is 0 Å². The minimum atomic E-state index is -0.736. The fourth-order valence-electron chi connectivity index (χ4n) is 2.96. The molecule has 0 atom stereocenters. The highest BCUT2D eigenvalue weighted by molar-refractivity contribution is 5.82. The van der Waals surface area contributed by atoms with E-state index in [0.29, 0.717) is 6.42 Å². The summed E-state index contributed by atoms with van der Waals surface area (Å²) in [5.74, 6) is 0.214. The Labute approximate surface area is 141 Å². The second-order valence-electron chi connectivity index (χ2n) is 6.23. The molecule has 3 aromatic rings. The molecule has 0 saturated heterocycles. The summed E-state index contributed by atoms with van der Waals surface area (Å²) in [6.07, 6.45) is 1.71. The molecule has 0 aliphatic rings. The Morgan fingerprint density at radius 1 is 1.08 bits per heavy atom. The summed E-state index contributed by atoms with van der Waals surface area (Å²) in [5, 5.41) is 8.82. The highest BCUT2D eigenvalue weighted by Crippen LogP contribution is 2.27. The number of unbranched alkanes of at least 4 members (excludes halogenated alkanes) is 1. The van der Waals surface area contributed by atoms with E-state index in [0.717, 1.165) is 35.4 Å². The number of hydrogen-bond acceptors (Lipinski definition) is 2. The summed E-state index contributed by atoms with van der Waals surface area (Å²) in [6.45, 7) is 4.98. The summed E-state index contributed by atoms with van der Waals surface area (Å²) < 4.78 is 2.22. The summed E-state index contributed by atoms with van der Waals surface area (Å²) in [5.41, 5.74) is 5.68. The number of aromatic nitrogens is 2. The molecule has 0 aliphatic heterocycles. The smallest absolute Gasteiger partial charge is 0.303 e. The van der Waals surface area contributed by atoms with Gasteiger partial charge in [-0.1, -0.05) is 30.3 Å². The molecule has 24 heavy (non-hydrogen) atoms. The summed E-state index contributed by atoms with van der Waals surface area (Å²) in [7, 11) is 0. The van der Waals surface area contributed by atoms with Crippen LogP contribution in [-0.4, -0.2) is 20.6 Å². The van der Waals surface area contributed by atoms with Gasteiger partial charge in [0, 0.05) is 18.5 Å². The number of hydrogen-bond donors (Lipinski definition) is 1. The van der Waals surface area contributed by atoms with Crippen molar-refractivity contribution < 1.29 is 9.90 Å². The lowest BCUT2D eigenvalue weighted by Gasteiger charge is -2.10. The van der Waals surface area contributed by atoms with Crippen LogP contribution in [0.3, 0.4) is 0 Å². The largest absolute Gasteiger partial charge is 0.481 e. The van der Waals surface area contributed by atoms with Crippen molar-refractivity contribution in [1.29, 1.82) is 0 Å². The zero-order valence-electron chi connectivity index (χ0n) is 14.1. The third-order valence-electron chi connectivity index (χ3n) is 4.42. The van der Waals surface area contributed by atoms with Gasteiger partial charge in [-0.3, -0.25) is 4.79 Å². The van der Waals surface area contributed by atoms with Gasteiger partial charge in [-0.05, 0) is 49.9 Å². The normalized spacial score (nSPS) is 11.1. The third kappa shape index (κ3) is 3.32. The predicted octanol–water partition coefficient (Wildman–Crippen LogP) is 4.58. The van der Waals surface area contributed by atoms with Crippen LogP contribution in [0.2, 0.25) is 0 Å². The molecule has 0 aliphatic carbocycles. The van der Waals surface area contributed by atoms with Gasteiger partial charge in [0.15, 0.2) is 0 Å². The van der Waals surface area contributed by atoms with Gasteiger partial charge in [-0.15, -0.1) is 0 Å². The Kier molecular flexibility index (Phi) is 4.65. The van der Waals surface area contributed by atoms with Gasteiger partial charge in [-0.2, -0.15) is 0 Å². The molecule has 1 N–H and O–H groups in total. The highest BCUT2D eigenvalue weighted by Gasteiger charge is 2.13. The van der Waals surface area contributed by atoms with Gasteiger partial charge >= 0.3 is 5.97 Å². The molecule has 0 bridgehead atoms. The predicted molar refractivity (Wildman–Crippen MR) is 96.1 cm³/mol. The maximum atomic E-state index is 10.7. The van der Waals surface area contributed by atoms with Gasteiger partial charge in [0.1, 0.15) is 5.82 Å². The van der Waals surface area contributed by atoms with Crippen molar-refractivity contribution >= 4 is 17.0 Å². The number of carboxylic acids is 1. The third-order valence-corrected chi connectivity index (χ3v) is 4.42. The number of carbonyl (C=O) groups is 1. The Bertz CT molecular complexity index is 866. The first-order chi connectivity index (χ1) is 11.6. The minimum Gasteiger partial charge on any atom is -0.481 e. The average molecular weight is 322 g/mol. The van der Waals surface area contributed by atoms with Gasteiger partial charge < -0.3 is 9.67 Å². The van der Waals surface area contributed by atoms with Crippen molar-refractivity contribution in [3.63, 3.8) is 0 Å². The number of aryl methyl sites for hydroxylation is 3. The molecule has 0 fully saturated rings. The molecule has 4 heteroatoms. The molecular weight excluding hydrogens is 300 g/mol. The van der Waals surface area contributed by atoms with Crippen LogP contribution in [0, 0.1) is 13.8 Å². The van der Waals surface area contributed by atoms with Gasteiger partial charge in [-0.25, -0.2) is 4.98 Å². The quantitative estimate of drug-likeness (QED) is 0.676. The standard InChI is InChI=1S/C20H22N2O2/c1-14-12-17-18(13-15(14)2)22(11-7-6-10-19(23)24)20(21-17)16-8-4-3-5-9-16/h3-5,8-9,12-13H,6-7,10-11H2,1-2H3,(H,23,24). The topological polar surface area (TPSA) is 55.1 Å². The lowest BCUT2D eigenvalue weighted by atomic mass is 10.1. The van der Waals surface area contributed by atoms with Crippen molar-refractivity contribution in [1.82, 2.24) is 9.55 Å². The highest BCUT2D eigenvalue weighted by atomic mass is 16.4. The molecule has 0 spiro atoms. The molecule has 124 valence electrons. The van der Waals surface area contributed by atoms with Crippen LogP contribution < -0.4 is 0 Å². The van der Waals surface area contributed by atoms with E-state index in [9.17, 15) is 4.79 Å². The molecule has 3 rings (SSSR count). The van der Waals surface area contributed by atoms with Crippen molar-refractivity contribution in [2.45, 2.75) is 39.7 Å². The number of rotatable bonds is 6. The molecule has 1 aromatic heterocycles. The SMILES string of the molecule is Cc1cc2nc(-c3ccccc3)n(CCCCC(=O)O)c2cc1C. The lowest BCUT2D eigenvalue weighted by molar-refractivity contribution is -0.137. The molecule has 4 nitrogen and oxygen atoms in total. The molecule has 0 saturated carbocycles. The minimum absolute atomic E-state index is 0.214. The first-order valence-corrected chi connectivity index (χ1v) is 8.31. The molecule has 0 amide bonds. The number of fused-ring (bicyclic) bond motifs is 1. The van der Waals surface area contributed by atoms with Crippen LogP contribution in [0.15, 0.2) is 42.5 Å². The van der Waals surface area contributed by atoms with Gasteiger partial charge in [0.25, 0.3) is 0 Å². The summed E-state index contributed by atoms with van der Waals surface area (Å²) in [4.78, 5) is 15.6. The number of carboxylic acid groups (broad SMARTS) is 1. The number of benzene rings is 2. The number of nitrogens with zero attached hydrogens (tertiary/aromatic N) is 2. The van der Waals surface area contributed by atoms with Gasteiger partial charge in [0.05, 0.1) is 11.0 Å². The Morgan fingerprint density at radius 2 is 1.79 bits per heavy atom. The zero-order valence-corrected chi connectivity index (χ0v) is 14.1. The lowest BCUT2D eigenvalue weighted by Crippen LogP contribution is -2.02. The molecular formula is C20H22N2O2. The van der Waals surface area contributed by atoms with Crippen molar-refractivity contribution in [3.8, 4) is 11.4 Å². The zero-order chi connectivity index (χ0) is 17.1. The Hall–Kier alpha value is -2.62.